The second-order valence-electron chi connectivity index (χ2n) is 5.69. The van der Waals surface area contributed by atoms with Crippen LogP contribution >= 0.6 is 0 Å². The standard InChI is InChI=1S/C16H19N3O6/c1-11(2)16(3,10-17)18-14(20)8-25-15(21)9-24-13-7-5-4-6-12(13)19(22)23/h4-7,11H,8-9H2,1-3H3,(H,18,20)/t16-/m0/s1. The number of nitro groups is 1. The van der Waals surface area contributed by atoms with E-state index in [9.17, 15) is 19.7 Å². The van der Waals surface area contributed by atoms with Gasteiger partial charge in [0.05, 0.1) is 11.0 Å². The van der Waals surface area contributed by atoms with E-state index in [0.717, 1.165) is 0 Å². The summed E-state index contributed by atoms with van der Waals surface area (Å²) in [6, 6.07) is 7.57. The number of nitrogens with zero attached hydrogens (tertiary/aromatic N) is 2. The summed E-state index contributed by atoms with van der Waals surface area (Å²) < 4.78 is 9.79. The normalized spacial score (nSPS) is 12.6. The summed E-state index contributed by atoms with van der Waals surface area (Å²) >= 11 is 0. The fourth-order valence-corrected chi connectivity index (χ4v) is 1.68. The second-order valence-corrected chi connectivity index (χ2v) is 5.69. The van der Waals surface area contributed by atoms with E-state index in [4.69, 9.17) is 14.7 Å². The Morgan fingerprint density at radius 1 is 1.36 bits per heavy atom. The topological polar surface area (TPSA) is 132 Å². The molecule has 0 saturated carbocycles. The van der Waals surface area contributed by atoms with Crippen molar-refractivity contribution in [2.75, 3.05) is 13.2 Å². The van der Waals surface area contributed by atoms with E-state index >= 15 is 0 Å². The summed E-state index contributed by atoms with van der Waals surface area (Å²) in [5.74, 6) is -1.71. The monoisotopic (exact) mass is 349 g/mol. The fourth-order valence-electron chi connectivity index (χ4n) is 1.68. The summed E-state index contributed by atoms with van der Waals surface area (Å²) in [5.41, 5.74) is -1.36. The molecular formula is C16H19N3O6. The van der Waals surface area contributed by atoms with Crippen molar-refractivity contribution in [1.82, 2.24) is 5.32 Å². The molecule has 9 heteroatoms. The SMILES string of the molecule is CC(C)[C@](C)(C#N)NC(=O)COC(=O)COc1ccccc1[N+](=O)[O-]. The molecule has 1 atom stereocenters. The highest BCUT2D eigenvalue weighted by atomic mass is 16.6. The summed E-state index contributed by atoms with van der Waals surface area (Å²) in [4.78, 5) is 33.6. The van der Waals surface area contributed by atoms with Gasteiger partial charge >= 0.3 is 11.7 Å². The van der Waals surface area contributed by atoms with Gasteiger partial charge < -0.3 is 14.8 Å². The largest absolute Gasteiger partial charge is 0.475 e. The number of benzene rings is 1. The average molecular weight is 349 g/mol. The van der Waals surface area contributed by atoms with Gasteiger partial charge in [0.2, 0.25) is 0 Å². The van der Waals surface area contributed by atoms with Crippen LogP contribution in [0.5, 0.6) is 5.75 Å². The number of nitro benzene ring substituents is 1. The number of nitrogens with one attached hydrogen (secondary N) is 1. The zero-order valence-corrected chi connectivity index (χ0v) is 14.1. The molecule has 0 radical (unpaired) electrons. The molecule has 0 aliphatic carbocycles. The van der Waals surface area contributed by atoms with E-state index in [1.54, 1.807) is 20.8 Å². The Morgan fingerprint density at radius 2 is 2.00 bits per heavy atom. The number of hydrogen-bond acceptors (Lipinski definition) is 7. The van der Waals surface area contributed by atoms with E-state index in [-0.39, 0.29) is 17.4 Å². The van der Waals surface area contributed by atoms with Crippen LogP contribution in [0.4, 0.5) is 5.69 Å². The van der Waals surface area contributed by atoms with E-state index in [0.29, 0.717) is 0 Å². The highest BCUT2D eigenvalue weighted by Crippen LogP contribution is 2.25. The quantitative estimate of drug-likeness (QED) is 0.428. The zero-order chi connectivity index (χ0) is 19.0. The third-order valence-electron chi connectivity index (χ3n) is 3.56. The van der Waals surface area contributed by atoms with E-state index < -0.39 is 35.6 Å². The predicted molar refractivity (Wildman–Crippen MR) is 86.5 cm³/mol. The average Bonchev–Trinajstić information content (AvgIpc) is 2.57. The van der Waals surface area contributed by atoms with Gasteiger partial charge in [0.1, 0.15) is 5.54 Å². The van der Waals surface area contributed by atoms with Gasteiger partial charge in [0, 0.05) is 6.07 Å². The molecular weight excluding hydrogens is 330 g/mol. The van der Waals surface area contributed by atoms with Crippen molar-refractivity contribution in [2.45, 2.75) is 26.3 Å². The number of para-hydroxylation sites is 2. The number of ether oxygens (including phenoxy) is 2. The van der Waals surface area contributed by atoms with Gasteiger partial charge in [-0.2, -0.15) is 5.26 Å². The van der Waals surface area contributed by atoms with Crippen molar-refractivity contribution < 1.29 is 24.0 Å². The van der Waals surface area contributed by atoms with Crippen LogP contribution in [-0.4, -0.2) is 35.6 Å². The maximum absolute atomic E-state index is 11.8. The van der Waals surface area contributed by atoms with Gasteiger partial charge in [-0.25, -0.2) is 4.79 Å². The Bertz CT molecular complexity index is 697. The summed E-state index contributed by atoms with van der Waals surface area (Å²) in [5, 5.41) is 22.4. The third kappa shape index (κ3) is 5.76. The van der Waals surface area contributed by atoms with Gasteiger partial charge in [0.25, 0.3) is 5.91 Å². The van der Waals surface area contributed by atoms with Gasteiger partial charge in [0.15, 0.2) is 19.0 Å². The fraction of sp³-hybridized carbons (Fsp3) is 0.438. The van der Waals surface area contributed by atoms with E-state index in [1.807, 2.05) is 6.07 Å². The molecule has 0 bridgehead atoms. The predicted octanol–water partition coefficient (Wildman–Crippen LogP) is 1.57. The van der Waals surface area contributed by atoms with Gasteiger partial charge in [-0.15, -0.1) is 0 Å². The van der Waals surface area contributed by atoms with Crippen molar-refractivity contribution in [3.63, 3.8) is 0 Å². The molecule has 1 aromatic carbocycles. The van der Waals surface area contributed by atoms with Crippen LogP contribution in [0.25, 0.3) is 0 Å². The van der Waals surface area contributed by atoms with Crippen LogP contribution < -0.4 is 10.1 Å². The van der Waals surface area contributed by atoms with Crippen LogP contribution in [0, 0.1) is 27.4 Å². The highest BCUT2D eigenvalue weighted by Gasteiger charge is 2.30. The smallest absolute Gasteiger partial charge is 0.344 e. The first-order chi connectivity index (χ1) is 11.7. The van der Waals surface area contributed by atoms with Gasteiger partial charge in [-0.1, -0.05) is 26.0 Å². The van der Waals surface area contributed by atoms with Crippen LogP contribution in [0.15, 0.2) is 24.3 Å². The molecule has 0 aliphatic heterocycles. The minimum Gasteiger partial charge on any atom is -0.475 e. The Labute approximate surface area is 144 Å². The molecule has 0 aromatic heterocycles. The molecule has 0 aliphatic rings. The lowest BCUT2D eigenvalue weighted by molar-refractivity contribution is -0.385. The molecule has 0 fully saturated rings. The minimum atomic E-state index is -1.08. The Morgan fingerprint density at radius 3 is 2.56 bits per heavy atom. The van der Waals surface area contributed by atoms with Crippen molar-refractivity contribution in [3.8, 4) is 11.8 Å². The molecule has 134 valence electrons. The lowest BCUT2D eigenvalue weighted by Gasteiger charge is -2.27. The van der Waals surface area contributed by atoms with Crippen LogP contribution in [0.3, 0.4) is 0 Å². The van der Waals surface area contributed by atoms with Gasteiger partial charge in [-0.05, 0) is 18.9 Å². The summed E-state index contributed by atoms with van der Waals surface area (Å²) in [6.45, 7) is 3.95. The summed E-state index contributed by atoms with van der Waals surface area (Å²) in [6.07, 6.45) is 0. The Kier molecular flexibility index (Phi) is 6.87. The number of nitriles is 1. The molecule has 0 spiro atoms. The van der Waals surface area contributed by atoms with Gasteiger partial charge in [-0.3, -0.25) is 14.9 Å². The maximum atomic E-state index is 11.8. The number of carbonyl (C=O) groups is 2. The van der Waals surface area contributed by atoms with Crippen LogP contribution in [-0.2, 0) is 14.3 Å². The van der Waals surface area contributed by atoms with Crippen molar-refractivity contribution in [3.05, 3.63) is 34.4 Å². The van der Waals surface area contributed by atoms with Crippen molar-refractivity contribution >= 4 is 17.6 Å². The zero-order valence-electron chi connectivity index (χ0n) is 14.1. The summed E-state index contributed by atoms with van der Waals surface area (Å²) in [7, 11) is 0. The first-order valence-electron chi connectivity index (χ1n) is 7.43. The highest BCUT2D eigenvalue weighted by molar-refractivity contribution is 5.81. The molecule has 0 unspecified atom stereocenters. The molecule has 9 nitrogen and oxygen atoms in total. The number of rotatable bonds is 8. The Balaban J connectivity index is 2.50. The molecule has 1 N–H and O–H groups in total. The minimum absolute atomic E-state index is 0.0780. The molecule has 0 saturated heterocycles. The lowest BCUT2D eigenvalue weighted by atomic mass is 9.90. The molecule has 1 aromatic rings. The van der Waals surface area contributed by atoms with Crippen LogP contribution in [0.2, 0.25) is 0 Å². The molecule has 1 rings (SSSR count). The van der Waals surface area contributed by atoms with Crippen molar-refractivity contribution in [1.29, 1.82) is 5.26 Å². The second kappa shape index (κ2) is 8.63. The molecule has 1 amide bonds. The number of hydrogen-bond donors (Lipinski definition) is 1. The first-order valence-corrected chi connectivity index (χ1v) is 7.43. The molecule has 25 heavy (non-hydrogen) atoms. The Hall–Kier alpha value is -3.15. The number of esters is 1. The maximum Gasteiger partial charge on any atom is 0.344 e. The third-order valence-corrected chi connectivity index (χ3v) is 3.56. The number of carbonyl (C=O) groups excluding carboxylic acids is 2. The van der Waals surface area contributed by atoms with E-state index in [2.05, 4.69) is 5.32 Å². The lowest BCUT2D eigenvalue weighted by Crippen LogP contribution is -2.50. The molecule has 0 heterocycles. The first kappa shape index (κ1) is 19.9. The number of amides is 1. The van der Waals surface area contributed by atoms with Crippen LogP contribution in [0.1, 0.15) is 20.8 Å². The van der Waals surface area contributed by atoms with E-state index in [1.165, 1.54) is 24.3 Å². The van der Waals surface area contributed by atoms with Crippen molar-refractivity contribution in [2.24, 2.45) is 5.92 Å².